The molecule has 2 nitrogen and oxygen atoms in total. The van der Waals surface area contributed by atoms with Crippen LogP contribution in [0.15, 0.2) is 0 Å². The Balaban J connectivity index is -0.000000218. The van der Waals surface area contributed by atoms with Crippen molar-refractivity contribution in [2.75, 3.05) is 6.67 Å². The Morgan fingerprint density at radius 1 is 0.824 bits per heavy atom. The van der Waals surface area contributed by atoms with E-state index in [9.17, 15) is 4.39 Å². The minimum Gasteiger partial charge on any atom is -0.393 e. The van der Waals surface area contributed by atoms with Gasteiger partial charge in [0.1, 0.15) is 0 Å². The summed E-state index contributed by atoms with van der Waals surface area (Å²) in [5.41, 5.74) is 0. The van der Waals surface area contributed by atoms with Gasteiger partial charge in [0.2, 0.25) is 0 Å². The van der Waals surface area contributed by atoms with E-state index < -0.39 is 12.8 Å². The molecule has 0 radical (unpaired) electrons. The molecule has 0 aliphatic heterocycles. The van der Waals surface area contributed by atoms with Crippen molar-refractivity contribution in [3.05, 3.63) is 0 Å². The fourth-order valence-corrected chi connectivity index (χ4v) is 1.55. The molecule has 0 aromatic carbocycles. The fourth-order valence-electron chi connectivity index (χ4n) is 1.55. The summed E-state index contributed by atoms with van der Waals surface area (Å²) in [7, 11) is 0. The van der Waals surface area contributed by atoms with Crippen molar-refractivity contribution in [1.82, 2.24) is 0 Å². The summed E-state index contributed by atoms with van der Waals surface area (Å²) in [6, 6.07) is 0. The molecule has 3 atom stereocenters. The minimum absolute atomic E-state index is 0. The van der Waals surface area contributed by atoms with E-state index in [0.717, 1.165) is 12.8 Å². The Morgan fingerprint density at radius 3 is 1.12 bits per heavy atom. The third kappa shape index (κ3) is 12.1. The van der Waals surface area contributed by atoms with Crippen LogP contribution in [-0.4, -0.2) is 29.1 Å². The van der Waals surface area contributed by atoms with E-state index >= 15 is 0 Å². The topological polar surface area (TPSA) is 40.5 Å². The summed E-state index contributed by atoms with van der Waals surface area (Å²) in [6.45, 7) is 9.17. The van der Waals surface area contributed by atoms with Crippen molar-refractivity contribution in [2.45, 2.75) is 73.5 Å². The summed E-state index contributed by atoms with van der Waals surface area (Å²) in [5.74, 6) is 0.352. The summed E-state index contributed by atoms with van der Waals surface area (Å²) in [4.78, 5) is 0. The Hall–Kier alpha value is -0.150. The maximum absolute atomic E-state index is 11.7. The van der Waals surface area contributed by atoms with Crippen LogP contribution in [0.1, 0.15) is 61.3 Å². The highest BCUT2D eigenvalue weighted by Crippen LogP contribution is 2.11. The molecule has 0 aromatic heterocycles. The Morgan fingerprint density at radius 2 is 1.12 bits per heavy atom. The highest BCUT2D eigenvalue weighted by atomic mass is 19.1. The first-order valence-corrected chi connectivity index (χ1v) is 6.36. The number of aliphatic hydroxyl groups excluding tert-OH is 2. The van der Waals surface area contributed by atoms with Gasteiger partial charge in [0.05, 0.1) is 18.9 Å². The van der Waals surface area contributed by atoms with Crippen LogP contribution in [0.25, 0.3) is 0 Å². The quantitative estimate of drug-likeness (QED) is 0.755. The second-order valence-corrected chi connectivity index (χ2v) is 4.38. The zero-order valence-electron chi connectivity index (χ0n) is 11.4. The third-order valence-corrected chi connectivity index (χ3v) is 3.14. The van der Waals surface area contributed by atoms with E-state index in [-0.39, 0.29) is 19.4 Å². The van der Waals surface area contributed by atoms with Gasteiger partial charge in [-0.15, -0.1) is 0 Å². The van der Waals surface area contributed by atoms with E-state index in [1.165, 1.54) is 0 Å². The maximum Gasteiger partial charge on any atom is 0.0947 e. The molecule has 0 aliphatic rings. The molecule has 0 saturated carbocycles. The van der Waals surface area contributed by atoms with Crippen LogP contribution in [0.5, 0.6) is 0 Å². The van der Waals surface area contributed by atoms with Gasteiger partial charge in [-0.25, -0.2) is 0 Å². The van der Waals surface area contributed by atoms with Crippen molar-refractivity contribution >= 4 is 0 Å². The molecule has 17 heavy (non-hydrogen) atoms. The van der Waals surface area contributed by atoms with E-state index in [1.54, 1.807) is 6.92 Å². The van der Waals surface area contributed by atoms with Crippen LogP contribution in [0, 0.1) is 11.8 Å². The van der Waals surface area contributed by atoms with Crippen molar-refractivity contribution in [3.63, 3.8) is 0 Å². The van der Waals surface area contributed by atoms with Crippen molar-refractivity contribution in [3.8, 4) is 0 Å². The second kappa shape index (κ2) is 13.9. The Kier molecular flexibility index (Phi) is 18.1. The molecule has 3 heteroatoms. The monoisotopic (exact) mass is 252 g/mol. The number of alkyl halides is 1. The van der Waals surface area contributed by atoms with Crippen LogP contribution in [0.3, 0.4) is 0 Å². The van der Waals surface area contributed by atoms with Gasteiger partial charge in [0.25, 0.3) is 0 Å². The number of halogens is 1. The predicted molar refractivity (Wildman–Crippen MR) is 73.9 cm³/mol. The lowest BCUT2D eigenvalue weighted by molar-refractivity contribution is 0.105. The lowest BCUT2D eigenvalue weighted by Gasteiger charge is -2.14. The van der Waals surface area contributed by atoms with Gasteiger partial charge in [-0.2, -0.15) is 0 Å². The van der Waals surface area contributed by atoms with Crippen LogP contribution < -0.4 is 0 Å². The van der Waals surface area contributed by atoms with Gasteiger partial charge in [-0.3, -0.25) is 4.39 Å². The van der Waals surface area contributed by atoms with Gasteiger partial charge >= 0.3 is 0 Å². The van der Waals surface area contributed by atoms with Gasteiger partial charge in [-0.1, -0.05) is 41.0 Å². The summed E-state index contributed by atoms with van der Waals surface area (Å²) in [5, 5.41) is 17.8. The Labute approximate surface area is 107 Å². The fraction of sp³-hybridized carbons (Fsp3) is 1.00. The normalized spacial score (nSPS) is 15.4. The van der Waals surface area contributed by atoms with Crippen molar-refractivity contribution in [1.29, 1.82) is 0 Å². The highest BCUT2D eigenvalue weighted by molar-refractivity contribution is 4.60. The SMILES string of the molecule is C.CCC(CC)C(C)O.CC[C@H](CF)C(C)O. The maximum atomic E-state index is 11.7. The first kappa shape index (κ1) is 22.1. The molecule has 0 bridgehead atoms. The first-order chi connectivity index (χ1) is 7.44. The lowest BCUT2D eigenvalue weighted by atomic mass is 9.98. The molecule has 0 spiro atoms. The minimum atomic E-state index is -0.495. The summed E-state index contributed by atoms with van der Waals surface area (Å²) in [6.07, 6.45) is 2.28. The van der Waals surface area contributed by atoms with Crippen LogP contribution in [-0.2, 0) is 0 Å². The van der Waals surface area contributed by atoms with E-state index in [1.807, 2.05) is 13.8 Å². The van der Waals surface area contributed by atoms with Gasteiger partial charge in [-0.05, 0) is 26.2 Å². The standard InChI is InChI=1S/C7H16O.C6H13FO.CH4/c1-4-7(5-2)6(3)8;1-3-6(4-7)5(2)8;/h6-8H,4-5H2,1-3H3;5-6,8H,3-4H2,1-2H3;1H4/t;5?,6-;/m.1./s1. The average Bonchev–Trinajstić information content (AvgIpc) is 2.21. The highest BCUT2D eigenvalue weighted by Gasteiger charge is 2.10. The number of hydrogen-bond donors (Lipinski definition) is 2. The van der Waals surface area contributed by atoms with Gasteiger partial charge in [0.15, 0.2) is 0 Å². The zero-order chi connectivity index (χ0) is 13.1. The molecular weight excluding hydrogens is 219 g/mol. The molecule has 2 N–H and O–H groups in total. The molecule has 0 rings (SSSR count). The molecule has 0 aromatic rings. The lowest BCUT2D eigenvalue weighted by Crippen LogP contribution is -2.17. The molecule has 0 fully saturated rings. The predicted octanol–water partition coefficient (Wildman–Crippen LogP) is 3.80. The number of hydrogen-bond acceptors (Lipinski definition) is 2. The number of aliphatic hydroxyl groups is 2. The molecule has 2 unspecified atom stereocenters. The smallest absolute Gasteiger partial charge is 0.0947 e. The molecular formula is C14H33FO2. The van der Waals surface area contributed by atoms with Crippen LogP contribution >= 0.6 is 0 Å². The van der Waals surface area contributed by atoms with E-state index in [2.05, 4.69) is 13.8 Å². The zero-order valence-corrected chi connectivity index (χ0v) is 11.4. The van der Waals surface area contributed by atoms with Crippen molar-refractivity contribution < 1.29 is 14.6 Å². The third-order valence-electron chi connectivity index (χ3n) is 3.14. The van der Waals surface area contributed by atoms with E-state index in [4.69, 9.17) is 10.2 Å². The average molecular weight is 252 g/mol. The molecule has 0 saturated heterocycles. The summed E-state index contributed by atoms with van der Waals surface area (Å²) < 4.78 is 11.7. The molecule has 0 aliphatic carbocycles. The van der Waals surface area contributed by atoms with Crippen LogP contribution in [0.2, 0.25) is 0 Å². The second-order valence-electron chi connectivity index (χ2n) is 4.38. The van der Waals surface area contributed by atoms with E-state index in [0.29, 0.717) is 12.3 Å². The van der Waals surface area contributed by atoms with Crippen molar-refractivity contribution in [2.24, 2.45) is 11.8 Å². The molecule has 0 amide bonds. The van der Waals surface area contributed by atoms with Gasteiger partial charge < -0.3 is 10.2 Å². The number of rotatable bonds is 6. The Bertz CT molecular complexity index is 114. The molecule has 0 heterocycles. The summed E-state index contributed by atoms with van der Waals surface area (Å²) >= 11 is 0. The van der Waals surface area contributed by atoms with Gasteiger partial charge in [0, 0.05) is 5.92 Å². The first-order valence-electron chi connectivity index (χ1n) is 6.36. The largest absolute Gasteiger partial charge is 0.393 e. The molecule has 108 valence electrons. The van der Waals surface area contributed by atoms with Crippen LogP contribution in [0.4, 0.5) is 4.39 Å².